The van der Waals surface area contributed by atoms with Crippen molar-refractivity contribution < 1.29 is 41.9 Å². The Hall–Kier alpha value is -3.35. The van der Waals surface area contributed by atoms with Gasteiger partial charge in [0.15, 0.2) is 5.60 Å². The smallest absolute Gasteiger partial charge is 0.417 e. The van der Waals surface area contributed by atoms with Crippen LogP contribution < -0.4 is 15.0 Å². The van der Waals surface area contributed by atoms with Crippen LogP contribution in [0.3, 0.4) is 0 Å². The van der Waals surface area contributed by atoms with E-state index < -0.39 is 58.2 Å². The molecule has 1 N–H and O–H groups in total. The standard InChI is InChI=1S/C30H43F3N4O6/c1-9-34-24(38)12-14-36-22-15-20(21(30(31,32)33)16-23(22)42-29(7,8)26(36)40)25(39)37(18(2)3)19-11-10-13-35(17-19)43-27(41)28(4,5)6/h15-16,18-19H,9-14,17H2,1-8H3,(H,34,38)/t19-/m1/s1. The molecule has 1 atom stereocenters. The quantitative estimate of drug-likeness (QED) is 0.459. The van der Waals surface area contributed by atoms with E-state index in [0.29, 0.717) is 25.9 Å². The Labute approximate surface area is 250 Å². The van der Waals surface area contributed by atoms with Crippen LogP contribution in [0.25, 0.3) is 0 Å². The number of carbonyl (C=O) groups is 4. The van der Waals surface area contributed by atoms with Gasteiger partial charge in [0.05, 0.1) is 28.8 Å². The van der Waals surface area contributed by atoms with E-state index in [4.69, 9.17) is 9.57 Å². The average molecular weight is 613 g/mol. The zero-order valence-electron chi connectivity index (χ0n) is 26.2. The van der Waals surface area contributed by atoms with Gasteiger partial charge in [0.25, 0.3) is 11.8 Å². The molecule has 0 unspecified atom stereocenters. The third-order valence-corrected chi connectivity index (χ3v) is 7.36. The van der Waals surface area contributed by atoms with Gasteiger partial charge in [-0.25, -0.2) is 4.79 Å². The van der Waals surface area contributed by atoms with Gasteiger partial charge < -0.3 is 24.7 Å². The number of nitrogens with one attached hydrogen (secondary N) is 1. The molecule has 0 spiro atoms. The summed E-state index contributed by atoms with van der Waals surface area (Å²) in [5.74, 6) is -2.42. The molecule has 1 fully saturated rings. The Morgan fingerprint density at radius 3 is 2.40 bits per heavy atom. The van der Waals surface area contributed by atoms with Crippen molar-refractivity contribution in [2.75, 3.05) is 31.1 Å². The van der Waals surface area contributed by atoms with Gasteiger partial charge in [0.1, 0.15) is 5.75 Å². The lowest BCUT2D eigenvalue weighted by Gasteiger charge is -2.42. The second-order valence-corrected chi connectivity index (χ2v) is 12.8. The molecule has 10 nitrogen and oxygen atoms in total. The summed E-state index contributed by atoms with van der Waals surface area (Å²) in [5.41, 5.74) is -4.10. The molecule has 1 aromatic rings. The van der Waals surface area contributed by atoms with Crippen LogP contribution in [0, 0.1) is 5.41 Å². The van der Waals surface area contributed by atoms with E-state index in [9.17, 15) is 32.3 Å². The van der Waals surface area contributed by atoms with E-state index in [0.717, 1.165) is 12.1 Å². The van der Waals surface area contributed by atoms with Crippen LogP contribution in [0.5, 0.6) is 5.75 Å². The molecule has 3 amide bonds. The summed E-state index contributed by atoms with van der Waals surface area (Å²) in [5, 5.41) is 4.10. The van der Waals surface area contributed by atoms with E-state index in [1.165, 1.54) is 28.7 Å². The van der Waals surface area contributed by atoms with Crippen molar-refractivity contribution in [3.05, 3.63) is 23.3 Å². The molecule has 2 heterocycles. The number of carbonyl (C=O) groups excluding carboxylic acids is 4. The van der Waals surface area contributed by atoms with E-state index in [1.54, 1.807) is 41.5 Å². The SMILES string of the molecule is CCNC(=O)CCN1C(=O)C(C)(C)Oc2cc(C(F)(F)F)c(C(=O)N(C(C)C)[C@@H]3CCCN(OC(=O)C(C)(C)C)C3)cc21. The topological polar surface area (TPSA) is 108 Å². The van der Waals surface area contributed by atoms with Gasteiger partial charge in [-0.2, -0.15) is 13.2 Å². The third kappa shape index (κ3) is 7.79. The number of hydroxylamine groups is 2. The summed E-state index contributed by atoms with van der Waals surface area (Å²) in [6.45, 7) is 14.0. The van der Waals surface area contributed by atoms with Crippen LogP contribution in [0.2, 0.25) is 0 Å². The maximum absolute atomic E-state index is 14.5. The number of amides is 3. The monoisotopic (exact) mass is 612 g/mol. The van der Waals surface area contributed by atoms with Crippen molar-refractivity contribution in [1.29, 1.82) is 0 Å². The summed E-state index contributed by atoms with van der Waals surface area (Å²) < 4.78 is 49.2. The summed E-state index contributed by atoms with van der Waals surface area (Å²) in [7, 11) is 0. The normalized spacial score (nSPS) is 19.0. The fourth-order valence-corrected chi connectivity index (χ4v) is 5.19. The van der Waals surface area contributed by atoms with Gasteiger partial charge >= 0.3 is 12.1 Å². The first kappa shape index (κ1) is 34.1. The fourth-order valence-electron chi connectivity index (χ4n) is 5.19. The van der Waals surface area contributed by atoms with Gasteiger partial charge in [-0.05, 0) is 80.4 Å². The first-order valence-electron chi connectivity index (χ1n) is 14.6. The van der Waals surface area contributed by atoms with Crippen LogP contribution in [0.15, 0.2) is 12.1 Å². The lowest BCUT2D eigenvalue weighted by Crippen LogP contribution is -2.54. The molecule has 0 radical (unpaired) electrons. The van der Waals surface area contributed by atoms with Gasteiger partial charge in [0, 0.05) is 38.1 Å². The second-order valence-electron chi connectivity index (χ2n) is 12.8. The molecule has 1 saturated heterocycles. The Morgan fingerprint density at radius 2 is 1.84 bits per heavy atom. The molecule has 43 heavy (non-hydrogen) atoms. The Bertz CT molecular complexity index is 1240. The number of hydrogen-bond acceptors (Lipinski definition) is 7. The first-order valence-corrected chi connectivity index (χ1v) is 14.6. The summed E-state index contributed by atoms with van der Waals surface area (Å²) in [4.78, 5) is 60.2. The van der Waals surface area contributed by atoms with E-state index >= 15 is 0 Å². The highest BCUT2D eigenvalue weighted by molar-refractivity contribution is 6.05. The number of hydrogen-bond donors (Lipinski definition) is 1. The van der Waals surface area contributed by atoms with Crippen LogP contribution >= 0.6 is 0 Å². The number of nitrogens with zero attached hydrogens (tertiary/aromatic N) is 3. The molecular formula is C30H43F3N4O6. The van der Waals surface area contributed by atoms with Gasteiger partial charge in [-0.15, -0.1) is 5.06 Å². The largest absolute Gasteiger partial charge is 0.476 e. The molecule has 2 aliphatic rings. The van der Waals surface area contributed by atoms with Crippen LogP contribution in [0.4, 0.5) is 18.9 Å². The van der Waals surface area contributed by atoms with E-state index in [2.05, 4.69) is 5.32 Å². The Kier molecular flexibility index (Phi) is 10.1. The number of benzene rings is 1. The number of anilines is 1. The third-order valence-electron chi connectivity index (χ3n) is 7.36. The molecule has 1 aromatic carbocycles. The molecule has 13 heteroatoms. The van der Waals surface area contributed by atoms with Crippen LogP contribution in [0.1, 0.15) is 90.6 Å². The van der Waals surface area contributed by atoms with Crippen LogP contribution in [-0.2, 0) is 25.4 Å². The van der Waals surface area contributed by atoms with E-state index in [-0.39, 0.29) is 36.9 Å². The number of rotatable bonds is 8. The molecule has 3 rings (SSSR count). The highest BCUT2D eigenvalue weighted by Crippen LogP contribution is 2.44. The number of fused-ring (bicyclic) bond motifs is 1. The Balaban J connectivity index is 2.05. The first-order chi connectivity index (χ1) is 19.8. The zero-order valence-corrected chi connectivity index (χ0v) is 26.2. The van der Waals surface area contributed by atoms with Gasteiger partial charge in [0.2, 0.25) is 5.91 Å². The Morgan fingerprint density at radius 1 is 1.19 bits per heavy atom. The number of piperidine rings is 1. The second kappa shape index (κ2) is 12.7. The van der Waals surface area contributed by atoms with Crippen molar-refractivity contribution in [2.45, 2.75) is 98.5 Å². The molecular weight excluding hydrogens is 569 g/mol. The lowest BCUT2D eigenvalue weighted by molar-refractivity contribution is -0.208. The lowest BCUT2D eigenvalue weighted by atomic mass is 9.96. The van der Waals surface area contributed by atoms with Crippen molar-refractivity contribution in [1.82, 2.24) is 15.3 Å². The predicted octanol–water partition coefficient (Wildman–Crippen LogP) is 4.55. The minimum atomic E-state index is -4.91. The molecule has 2 aliphatic heterocycles. The minimum Gasteiger partial charge on any atom is -0.476 e. The van der Waals surface area contributed by atoms with Gasteiger partial charge in [-0.1, -0.05) is 0 Å². The molecule has 240 valence electrons. The molecule has 0 aliphatic carbocycles. The summed E-state index contributed by atoms with van der Waals surface area (Å²) in [6.07, 6.45) is -3.96. The highest BCUT2D eigenvalue weighted by atomic mass is 19.4. The molecule has 0 bridgehead atoms. The fraction of sp³-hybridized carbons (Fsp3) is 0.667. The highest BCUT2D eigenvalue weighted by Gasteiger charge is 2.45. The van der Waals surface area contributed by atoms with Gasteiger partial charge in [-0.3, -0.25) is 14.4 Å². The molecule has 0 aromatic heterocycles. The maximum Gasteiger partial charge on any atom is 0.417 e. The predicted molar refractivity (Wildman–Crippen MR) is 153 cm³/mol. The minimum absolute atomic E-state index is 0.0157. The summed E-state index contributed by atoms with van der Waals surface area (Å²) in [6, 6.07) is 0.753. The average Bonchev–Trinajstić information content (AvgIpc) is 2.87. The number of ether oxygens (including phenoxy) is 1. The van der Waals surface area contributed by atoms with Crippen molar-refractivity contribution in [3.63, 3.8) is 0 Å². The molecule has 0 saturated carbocycles. The van der Waals surface area contributed by atoms with E-state index in [1.807, 2.05) is 0 Å². The summed E-state index contributed by atoms with van der Waals surface area (Å²) >= 11 is 0. The maximum atomic E-state index is 14.5. The van der Waals surface area contributed by atoms with Crippen molar-refractivity contribution in [3.8, 4) is 5.75 Å². The number of halogens is 3. The van der Waals surface area contributed by atoms with Crippen molar-refractivity contribution >= 4 is 29.4 Å². The zero-order chi connectivity index (χ0) is 32.5. The number of alkyl halides is 3. The van der Waals surface area contributed by atoms with Crippen molar-refractivity contribution in [2.24, 2.45) is 5.41 Å². The van der Waals surface area contributed by atoms with Crippen LogP contribution in [-0.4, -0.2) is 77.5 Å².